The second-order valence-electron chi connectivity index (χ2n) is 5.16. The van der Waals surface area contributed by atoms with Crippen molar-refractivity contribution in [3.05, 3.63) is 28.8 Å². The maximum Gasteiger partial charge on any atom is 0.244 e. The zero-order valence-electron chi connectivity index (χ0n) is 10.2. The quantitative estimate of drug-likeness (QED) is 0.842. The van der Waals surface area contributed by atoms with E-state index in [9.17, 15) is 8.42 Å². The predicted octanol–water partition coefficient (Wildman–Crippen LogP) is 2.38. The largest absolute Gasteiger partial charge is 0.244 e. The lowest BCUT2D eigenvalue weighted by Gasteiger charge is -2.26. The third-order valence-electron chi connectivity index (χ3n) is 4.01. The van der Waals surface area contributed by atoms with Crippen LogP contribution in [0.15, 0.2) is 23.1 Å². The predicted molar refractivity (Wildman–Crippen MR) is 71.2 cm³/mol. The summed E-state index contributed by atoms with van der Waals surface area (Å²) in [6.07, 6.45) is 3.00. The summed E-state index contributed by atoms with van der Waals surface area (Å²) >= 11 is 6.00. The molecule has 1 aliphatic carbocycles. The van der Waals surface area contributed by atoms with Crippen molar-refractivity contribution in [3.63, 3.8) is 0 Å². The van der Waals surface area contributed by atoms with Gasteiger partial charge in [0.1, 0.15) is 4.90 Å². The van der Waals surface area contributed by atoms with E-state index in [1.54, 1.807) is 4.31 Å². The highest BCUT2D eigenvalue weighted by atomic mass is 35.5. The Bertz CT molecular complexity index is 666. The molecular formula is C13H13ClN2O2S. The van der Waals surface area contributed by atoms with E-state index in [-0.39, 0.29) is 16.0 Å². The summed E-state index contributed by atoms with van der Waals surface area (Å²) in [5.41, 5.74) is 0.312. The van der Waals surface area contributed by atoms with E-state index in [0.29, 0.717) is 18.0 Å². The first kappa shape index (κ1) is 12.9. The fourth-order valence-corrected chi connectivity index (χ4v) is 5.31. The fourth-order valence-electron chi connectivity index (χ4n) is 3.07. The van der Waals surface area contributed by atoms with Gasteiger partial charge in [0, 0.05) is 12.6 Å². The van der Waals surface area contributed by atoms with Gasteiger partial charge in [0.05, 0.1) is 16.7 Å². The first-order valence-corrected chi connectivity index (χ1v) is 8.05. The first-order valence-electron chi connectivity index (χ1n) is 6.24. The average molecular weight is 297 g/mol. The SMILES string of the molecule is N#Cc1ccc(Cl)c(S(=O)(=O)N2CC3CCC2C3)c1. The van der Waals surface area contributed by atoms with Gasteiger partial charge in [0.25, 0.3) is 0 Å². The number of rotatable bonds is 2. The molecule has 100 valence electrons. The Balaban J connectivity index is 2.03. The number of halogens is 1. The molecule has 6 heteroatoms. The van der Waals surface area contributed by atoms with Gasteiger partial charge < -0.3 is 0 Å². The molecule has 2 atom stereocenters. The van der Waals surface area contributed by atoms with Gasteiger partial charge in [0.2, 0.25) is 10.0 Å². The van der Waals surface area contributed by atoms with Crippen LogP contribution in [0, 0.1) is 17.2 Å². The van der Waals surface area contributed by atoms with Crippen molar-refractivity contribution in [2.45, 2.75) is 30.2 Å². The van der Waals surface area contributed by atoms with Crippen LogP contribution in [0.25, 0.3) is 0 Å². The number of benzene rings is 1. The maximum absolute atomic E-state index is 12.6. The van der Waals surface area contributed by atoms with Crippen LogP contribution in [0.3, 0.4) is 0 Å². The fraction of sp³-hybridized carbons (Fsp3) is 0.462. The summed E-state index contributed by atoms with van der Waals surface area (Å²) in [7, 11) is -3.58. The summed E-state index contributed by atoms with van der Waals surface area (Å²) in [5.74, 6) is 0.484. The lowest BCUT2D eigenvalue weighted by molar-refractivity contribution is 0.333. The smallest absolute Gasteiger partial charge is 0.207 e. The van der Waals surface area contributed by atoms with Crippen molar-refractivity contribution in [1.29, 1.82) is 5.26 Å². The monoisotopic (exact) mass is 296 g/mol. The third-order valence-corrected chi connectivity index (χ3v) is 6.41. The molecule has 0 amide bonds. The van der Waals surface area contributed by atoms with Gasteiger partial charge in [-0.3, -0.25) is 0 Å². The van der Waals surface area contributed by atoms with Gasteiger partial charge in [0.15, 0.2) is 0 Å². The highest BCUT2D eigenvalue weighted by Gasteiger charge is 2.44. The molecule has 1 heterocycles. The molecule has 2 fully saturated rings. The van der Waals surface area contributed by atoms with E-state index >= 15 is 0 Å². The minimum atomic E-state index is -3.58. The number of sulfonamides is 1. The summed E-state index contributed by atoms with van der Waals surface area (Å²) in [5, 5.41) is 9.07. The number of nitrogens with zero attached hydrogens (tertiary/aromatic N) is 2. The van der Waals surface area contributed by atoms with E-state index in [0.717, 1.165) is 19.3 Å². The first-order chi connectivity index (χ1) is 9.02. The zero-order chi connectivity index (χ0) is 13.6. The topological polar surface area (TPSA) is 61.2 Å². The Kier molecular flexibility index (Phi) is 3.05. The number of fused-ring (bicyclic) bond motifs is 2. The number of hydrogen-bond acceptors (Lipinski definition) is 3. The molecule has 4 nitrogen and oxygen atoms in total. The van der Waals surface area contributed by atoms with E-state index in [2.05, 4.69) is 0 Å². The molecule has 1 saturated heterocycles. The second-order valence-corrected chi connectivity index (χ2v) is 7.43. The van der Waals surface area contributed by atoms with E-state index in [4.69, 9.17) is 16.9 Å². The van der Waals surface area contributed by atoms with Gasteiger partial charge >= 0.3 is 0 Å². The normalized spacial score (nSPS) is 26.5. The third kappa shape index (κ3) is 2.04. The van der Waals surface area contributed by atoms with Gasteiger partial charge in [-0.2, -0.15) is 9.57 Å². The maximum atomic E-state index is 12.6. The second kappa shape index (κ2) is 4.48. The summed E-state index contributed by atoms with van der Waals surface area (Å²) in [6.45, 7) is 0.583. The van der Waals surface area contributed by atoms with Crippen LogP contribution in [-0.4, -0.2) is 25.3 Å². The van der Waals surface area contributed by atoms with E-state index in [1.807, 2.05) is 6.07 Å². The highest BCUT2D eigenvalue weighted by molar-refractivity contribution is 7.89. The van der Waals surface area contributed by atoms with Gasteiger partial charge in [-0.25, -0.2) is 8.42 Å². The average Bonchev–Trinajstić information content (AvgIpc) is 3.01. The summed E-state index contributed by atoms with van der Waals surface area (Å²) in [6, 6.07) is 6.42. The van der Waals surface area contributed by atoms with Crippen molar-refractivity contribution in [2.75, 3.05) is 6.54 Å². The molecule has 1 aliphatic heterocycles. The molecule has 0 N–H and O–H groups in total. The van der Waals surface area contributed by atoms with Crippen LogP contribution in [0.2, 0.25) is 5.02 Å². The molecule has 2 bridgehead atoms. The van der Waals surface area contributed by atoms with Crippen molar-refractivity contribution >= 4 is 21.6 Å². The van der Waals surface area contributed by atoms with Crippen LogP contribution in [0.5, 0.6) is 0 Å². The number of nitriles is 1. The molecule has 1 aromatic rings. The number of piperidine rings is 1. The molecule has 0 aromatic heterocycles. The van der Waals surface area contributed by atoms with Gasteiger partial charge in [-0.1, -0.05) is 11.6 Å². The molecule has 3 rings (SSSR count). The lowest BCUT2D eigenvalue weighted by atomic mass is 10.1. The molecule has 2 aliphatic rings. The molecule has 0 radical (unpaired) electrons. The van der Waals surface area contributed by atoms with Crippen molar-refractivity contribution in [2.24, 2.45) is 5.92 Å². The lowest BCUT2D eigenvalue weighted by Crippen LogP contribution is -2.37. The Morgan fingerprint density at radius 3 is 2.74 bits per heavy atom. The Morgan fingerprint density at radius 1 is 1.37 bits per heavy atom. The molecule has 0 spiro atoms. The standard InChI is InChI=1S/C13H13ClN2O2S/c14-12-4-2-9(7-15)6-13(12)19(17,18)16-8-10-1-3-11(16)5-10/h2,4,6,10-11H,1,3,5,8H2. The van der Waals surface area contributed by atoms with Crippen LogP contribution in [0.1, 0.15) is 24.8 Å². The van der Waals surface area contributed by atoms with Crippen LogP contribution >= 0.6 is 11.6 Å². The Hall–Kier alpha value is -1.09. The number of hydrogen-bond donors (Lipinski definition) is 0. The zero-order valence-corrected chi connectivity index (χ0v) is 11.8. The summed E-state index contributed by atoms with van der Waals surface area (Å²) in [4.78, 5) is 0.0563. The summed E-state index contributed by atoms with van der Waals surface area (Å²) < 4.78 is 26.8. The van der Waals surface area contributed by atoms with E-state index < -0.39 is 10.0 Å². The Labute approximate surface area is 117 Å². The Morgan fingerprint density at radius 2 is 2.16 bits per heavy atom. The minimum Gasteiger partial charge on any atom is -0.207 e. The van der Waals surface area contributed by atoms with Gasteiger partial charge in [-0.05, 0) is 43.4 Å². The molecule has 1 saturated carbocycles. The van der Waals surface area contributed by atoms with Crippen LogP contribution < -0.4 is 0 Å². The molecule has 1 aromatic carbocycles. The van der Waals surface area contributed by atoms with Gasteiger partial charge in [-0.15, -0.1) is 0 Å². The molecule has 19 heavy (non-hydrogen) atoms. The van der Waals surface area contributed by atoms with Crippen molar-refractivity contribution in [3.8, 4) is 6.07 Å². The minimum absolute atomic E-state index is 0.0563. The van der Waals surface area contributed by atoms with Crippen LogP contribution in [-0.2, 0) is 10.0 Å². The van der Waals surface area contributed by atoms with E-state index in [1.165, 1.54) is 18.2 Å². The highest BCUT2D eigenvalue weighted by Crippen LogP contribution is 2.41. The molecule has 2 unspecified atom stereocenters. The molecular weight excluding hydrogens is 284 g/mol. The van der Waals surface area contributed by atoms with Crippen molar-refractivity contribution < 1.29 is 8.42 Å². The van der Waals surface area contributed by atoms with Crippen molar-refractivity contribution in [1.82, 2.24) is 4.31 Å². The van der Waals surface area contributed by atoms with Crippen LogP contribution in [0.4, 0.5) is 0 Å².